The van der Waals surface area contributed by atoms with E-state index < -0.39 is 11.7 Å². The Bertz CT molecular complexity index is 873. The van der Waals surface area contributed by atoms with Crippen LogP contribution in [0.15, 0.2) is 35.6 Å². The van der Waals surface area contributed by atoms with Crippen LogP contribution in [0.25, 0.3) is 5.69 Å². The van der Waals surface area contributed by atoms with E-state index >= 15 is 0 Å². The SMILES string of the molecule is CCNC(=NCc1ccc(-n2ccnc2C)c(F)c1)NCCNC(=O)OC(C)(C)C. The maximum atomic E-state index is 14.5. The molecule has 0 aliphatic carbocycles. The molecule has 8 nitrogen and oxygen atoms in total. The lowest BCUT2D eigenvalue weighted by Gasteiger charge is -2.19. The van der Waals surface area contributed by atoms with Crippen LogP contribution in [-0.2, 0) is 11.3 Å². The molecular formula is C21H31FN6O2. The van der Waals surface area contributed by atoms with Gasteiger partial charge in [-0.05, 0) is 52.3 Å². The van der Waals surface area contributed by atoms with Gasteiger partial charge < -0.3 is 25.3 Å². The Kier molecular flexibility index (Phi) is 8.20. The van der Waals surface area contributed by atoms with Crippen molar-refractivity contribution in [1.82, 2.24) is 25.5 Å². The van der Waals surface area contributed by atoms with E-state index in [-0.39, 0.29) is 5.82 Å². The fourth-order valence-electron chi connectivity index (χ4n) is 2.65. The first-order valence-electron chi connectivity index (χ1n) is 9.97. The summed E-state index contributed by atoms with van der Waals surface area (Å²) in [6.07, 6.45) is 2.90. The van der Waals surface area contributed by atoms with Gasteiger partial charge in [0.25, 0.3) is 0 Å². The van der Waals surface area contributed by atoms with E-state index in [1.807, 2.05) is 40.7 Å². The second-order valence-electron chi connectivity index (χ2n) is 7.68. The van der Waals surface area contributed by atoms with Gasteiger partial charge in [0.15, 0.2) is 5.96 Å². The van der Waals surface area contributed by atoms with E-state index in [0.717, 1.165) is 11.4 Å². The minimum absolute atomic E-state index is 0.314. The second kappa shape index (κ2) is 10.6. The molecule has 1 amide bonds. The summed E-state index contributed by atoms with van der Waals surface area (Å²) in [6, 6.07) is 5.04. The molecule has 0 bridgehead atoms. The van der Waals surface area contributed by atoms with E-state index in [1.165, 1.54) is 6.07 Å². The van der Waals surface area contributed by atoms with Gasteiger partial charge in [0, 0.05) is 32.0 Å². The smallest absolute Gasteiger partial charge is 0.407 e. The molecule has 0 fully saturated rings. The minimum Gasteiger partial charge on any atom is -0.444 e. The molecule has 0 radical (unpaired) electrons. The Morgan fingerprint density at radius 1 is 1.23 bits per heavy atom. The van der Waals surface area contributed by atoms with Gasteiger partial charge in [-0.3, -0.25) is 0 Å². The number of nitrogens with zero attached hydrogens (tertiary/aromatic N) is 3. The minimum atomic E-state index is -0.532. The molecule has 0 spiro atoms. The normalized spacial score (nSPS) is 11.9. The standard InChI is InChI=1S/C21H31FN6O2/c1-6-23-19(25-9-10-26-20(29)30-21(3,4)5)27-14-16-7-8-18(17(22)13-16)28-12-11-24-15(28)2/h7-8,11-13H,6,9-10,14H2,1-5H3,(H,26,29)(H2,23,25,27). The molecule has 3 N–H and O–H groups in total. The molecular weight excluding hydrogens is 387 g/mol. The van der Waals surface area contributed by atoms with Gasteiger partial charge >= 0.3 is 6.09 Å². The van der Waals surface area contributed by atoms with Crippen molar-refractivity contribution in [2.24, 2.45) is 4.99 Å². The number of halogens is 1. The van der Waals surface area contributed by atoms with Crippen molar-refractivity contribution in [3.63, 3.8) is 0 Å². The number of carbonyl (C=O) groups excluding carboxylic acids is 1. The van der Waals surface area contributed by atoms with Crippen LogP contribution in [0.4, 0.5) is 9.18 Å². The molecule has 1 aromatic carbocycles. The average Bonchev–Trinajstić information content (AvgIpc) is 3.07. The zero-order valence-electron chi connectivity index (χ0n) is 18.3. The van der Waals surface area contributed by atoms with Crippen LogP contribution in [0.3, 0.4) is 0 Å². The van der Waals surface area contributed by atoms with Gasteiger partial charge in [-0.2, -0.15) is 0 Å². The summed E-state index contributed by atoms with van der Waals surface area (Å²) < 4.78 is 21.4. The van der Waals surface area contributed by atoms with Crippen molar-refractivity contribution < 1.29 is 13.9 Å². The van der Waals surface area contributed by atoms with Gasteiger partial charge in [-0.1, -0.05) is 6.07 Å². The highest BCUT2D eigenvalue weighted by atomic mass is 19.1. The third kappa shape index (κ3) is 7.38. The van der Waals surface area contributed by atoms with Gasteiger partial charge in [-0.25, -0.2) is 19.2 Å². The Balaban J connectivity index is 1.90. The molecule has 1 aromatic heterocycles. The van der Waals surface area contributed by atoms with Crippen molar-refractivity contribution >= 4 is 12.1 Å². The number of nitrogens with one attached hydrogen (secondary N) is 3. The number of carbonyl (C=O) groups is 1. The number of aliphatic imine (C=N–C) groups is 1. The van der Waals surface area contributed by atoms with E-state index in [2.05, 4.69) is 25.9 Å². The van der Waals surface area contributed by atoms with Gasteiger partial charge in [0.1, 0.15) is 17.2 Å². The lowest BCUT2D eigenvalue weighted by molar-refractivity contribution is 0.0529. The quantitative estimate of drug-likeness (QED) is 0.365. The molecule has 0 unspecified atom stereocenters. The Morgan fingerprint density at radius 2 is 1.97 bits per heavy atom. The van der Waals surface area contributed by atoms with Crippen molar-refractivity contribution in [2.45, 2.75) is 46.8 Å². The first kappa shape index (κ1) is 23.2. The van der Waals surface area contributed by atoms with Crippen LogP contribution in [0.1, 0.15) is 39.1 Å². The molecule has 0 saturated carbocycles. The second-order valence-corrected chi connectivity index (χ2v) is 7.68. The average molecular weight is 419 g/mol. The van der Waals surface area contributed by atoms with E-state index in [0.29, 0.717) is 37.8 Å². The number of aromatic nitrogens is 2. The fourth-order valence-corrected chi connectivity index (χ4v) is 2.65. The Labute approximate surface area is 176 Å². The summed E-state index contributed by atoms with van der Waals surface area (Å²) in [4.78, 5) is 20.3. The lowest BCUT2D eigenvalue weighted by atomic mass is 10.2. The fraction of sp³-hybridized carbons (Fsp3) is 0.476. The van der Waals surface area contributed by atoms with Gasteiger partial charge in [0.05, 0.1) is 12.2 Å². The molecule has 0 atom stereocenters. The van der Waals surface area contributed by atoms with E-state index in [4.69, 9.17) is 4.74 Å². The summed E-state index contributed by atoms with van der Waals surface area (Å²) in [7, 11) is 0. The summed E-state index contributed by atoms with van der Waals surface area (Å²) in [5, 5.41) is 8.93. The van der Waals surface area contributed by atoms with Crippen LogP contribution < -0.4 is 16.0 Å². The zero-order valence-corrected chi connectivity index (χ0v) is 18.3. The molecule has 2 rings (SSSR count). The zero-order chi connectivity index (χ0) is 22.1. The summed E-state index contributed by atoms with van der Waals surface area (Å²) in [6.45, 7) is 11.1. The summed E-state index contributed by atoms with van der Waals surface area (Å²) >= 11 is 0. The first-order valence-corrected chi connectivity index (χ1v) is 9.97. The molecule has 30 heavy (non-hydrogen) atoms. The van der Waals surface area contributed by atoms with Crippen LogP contribution in [0, 0.1) is 12.7 Å². The Hall–Kier alpha value is -3.10. The van der Waals surface area contributed by atoms with Crippen molar-refractivity contribution in [1.29, 1.82) is 0 Å². The predicted octanol–water partition coefficient (Wildman–Crippen LogP) is 2.90. The number of benzene rings is 1. The van der Waals surface area contributed by atoms with Crippen LogP contribution in [0.5, 0.6) is 0 Å². The molecule has 2 aromatic rings. The number of hydrogen-bond donors (Lipinski definition) is 3. The van der Waals surface area contributed by atoms with E-state index in [9.17, 15) is 9.18 Å². The van der Waals surface area contributed by atoms with E-state index in [1.54, 1.807) is 23.0 Å². The highest BCUT2D eigenvalue weighted by molar-refractivity contribution is 5.79. The summed E-state index contributed by atoms with van der Waals surface area (Å²) in [5.41, 5.74) is 0.670. The van der Waals surface area contributed by atoms with Crippen molar-refractivity contribution in [2.75, 3.05) is 19.6 Å². The number of rotatable bonds is 7. The Morgan fingerprint density at radius 3 is 2.57 bits per heavy atom. The molecule has 0 saturated heterocycles. The molecule has 0 aliphatic rings. The third-order valence-corrected chi connectivity index (χ3v) is 3.95. The number of aryl methyl sites for hydroxylation is 1. The lowest BCUT2D eigenvalue weighted by Crippen LogP contribution is -2.42. The monoisotopic (exact) mass is 418 g/mol. The molecule has 1 heterocycles. The predicted molar refractivity (Wildman–Crippen MR) is 115 cm³/mol. The molecule has 164 valence electrons. The van der Waals surface area contributed by atoms with Crippen LogP contribution in [-0.4, -0.2) is 46.8 Å². The topological polar surface area (TPSA) is 92.6 Å². The summed E-state index contributed by atoms with van der Waals surface area (Å²) in [5.74, 6) is 0.972. The van der Waals surface area contributed by atoms with Crippen LogP contribution >= 0.6 is 0 Å². The maximum absolute atomic E-state index is 14.5. The van der Waals surface area contributed by atoms with Crippen LogP contribution in [0.2, 0.25) is 0 Å². The van der Waals surface area contributed by atoms with Gasteiger partial charge in [0.2, 0.25) is 0 Å². The third-order valence-electron chi connectivity index (χ3n) is 3.95. The number of hydrogen-bond acceptors (Lipinski definition) is 4. The number of guanidine groups is 1. The molecule has 0 aliphatic heterocycles. The highest BCUT2D eigenvalue weighted by Gasteiger charge is 2.15. The van der Waals surface area contributed by atoms with Crippen molar-refractivity contribution in [3.8, 4) is 5.69 Å². The number of amides is 1. The number of ether oxygens (including phenoxy) is 1. The number of imidazole rings is 1. The maximum Gasteiger partial charge on any atom is 0.407 e. The van der Waals surface area contributed by atoms with Crippen molar-refractivity contribution in [3.05, 3.63) is 47.8 Å². The highest BCUT2D eigenvalue weighted by Crippen LogP contribution is 2.17. The molecule has 9 heteroatoms. The van der Waals surface area contributed by atoms with Gasteiger partial charge in [-0.15, -0.1) is 0 Å². The number of alkyl carbamates (subject to hydrolysis) is 1. The first-order chi connectivity index (χ1) is 14.2. The largest absolute Gasteiger partial charge is 0.444 e.